The quantitative estimate of drug-likeness (QED) is 0.844. The Hall–Kier alpha value is -2.36. The predicted octanol–water partition coefficient (Wildman–Crippen LogP) is 2.21. The molecule has 0 unspecified atom stereocenters. The zero-order valence-electron chi connectivity index (χ0n) is 12.5. The molecule has 0 fully saturated rings. The number of aryl methyl sites for hydroxylation is 1. The fourth-order valence-electron chi connectivity index (χ4n) is 2.21. The largest absolute Gasteiger partial charge is 0.337 e. The maximum Gasteiger partial charge on any atom is 0.253 e. The SMILES string of the molecule is CCN(Cc1ccccc1)C(=O)Cn1cccc(C)c1=O. The highest BCUT2D eigenvalue weighted by atomic mass is 16.2. The smallest absolute Gasteiger partial charge is 0.253 e. The molecule has 1 aromatic carbocycles. The molecule has 4 heteroatoms. The fourth-order valence-corrected chi connectivity index (χ4v) is 2.21. The lowest BCUT2D eigenvalue weighted by atomic mass is 10.2. The second-order valence-electron chi connectivity index (χ2n) is 5.02. The summed E-state index contributed by atoms with van der Waals surface area (Å²) in [5.74, 6) is -0.0472. The molecular formula is C17H20N2O2. The van der Waals surface area contributed by atoms with Crippen molar-refractivity contribution >= 4 is 5.91 Å². The summed E-state index contributed by atoms with van der Waals surface area (Å²) in [6.45, 7) is 4.97. The van der Waals surface area contributed by atoms with Crippen molar-refractivity contribution in [2.24, 2.45) is 0 Å². The highest BCUT2D eigenvalue weighted by Gasteiger charge is 2.13. The van der Waals surface area contributed by atoms with Crippen molar-refractivity contribution in [3.63, 3.8) is 0 Å². The zero-order chi connectivity index (χ0) is 15.2. The van der Waals surface area contributed by atoms with Gasteiger partial charge in [0.05, 0.1) is 0 Å². The van der Waals surface area contributed by atoms with E-state index < -0.39 is 0 Å². The maximum absolute atomic E-state index is 12.4. The van der Waals surface area contributed by atoms with Crippen molar-refractivity contribution in [2.45, 2.75) is 26.9 Å². The number of amides is 1. The first-order valence-corrected chi connectivity index (χ1v) is 7.09. The molecule has 0 aliphatic rings. The molecule has 1 heterocycles. The first kappa shape index (κ1) is 15.0. The molecule has 1 aromatic heterocycles. The van der Waals surface area contributed by atoms with Gasteiger partial charge in [0.1, 0.15) is 6.54 Å². The minimum atomic E-state index is -0.110. The van der Waals surface area contributed by atoms with Gasteiger partial charge in [0.25, 0.3) is 5.56 Å². The van der Waals surface area contributed by atoms with Crippen LogP contribution in [-0.2, 0) is 17.9 Å². The standard InChI is InChI=1S/C17H20N2O2/c1-3-18(12-15-9-5-4-6-10-15)16(20)13-19-11-7-8-14(2)17(19)21/h4-11H,3,12-13H2,1-2H3. The average molecular weight is 284 g/mol. The van der Waals surface area contributed by atoms with E-state index in [1.165, 1.54) is 4.57 Å². The van der Waals surface area contributed by atoms with Gasteiger partial charge >= 0.3 is 0 Å². The molecule has 4 nitrogen and oxygen atoms in total. The Balaban J connectivity index is 2.10. The minimum Gasteiger partial charge on any atom is -0.337 e. The molecule has 0 aliphatic heterocycles. The number of hydrogen-bond acceptors (Lipinski definition) is 2. The van der Waals surface area contributed by atoms with Gasteiger partial charge in [0.15, 0.2) is 0 Å². The lowest BCUT2D eigenvalue weighted by molar-refractivity contribution is -0.132. The van der Waals surface area contributed by atoms with Gasteiger partial charge in [-0.05, 0) is 25.5 Å². The summed E-state index contributed by atoms with van der Waals surface area (Å²) in [5, 5.41) is 0. The van der Waals surface area contributed by atoms with E-state index in [0.717, 1.165) is 5.56 Å². The number of benzene rings is 1. The topological polar surface area (TPSA) is 42.3 Å². The number of nitrogens with zero attached hydrogens (tertiary/aromatic N) is 2. The summed E-state index contributed by atoms with van der Waals surface area (Å²) in [6.07, 6.45) is 1.66. The summed E-state index contributed by atoms with van der Waals surface area (Å²) < 4.78 is 1.46. The summed E-state index contributed by atoms with van der Waals surface area (Å²) in [5.41, 5.74) is 1.63. The average Bonchev–Trinajstić information content (AvgIpc) is 2.50. The van der Waals surface area contributed by atoms with E-state index in [1.54, 1.807) is 30.2 Å². The van der Waals surface area contributed by atoms with Gasteiger partial charge in [0, 0.05) is 24.8 Å². The van der Waals surface area contributed by atoms with E-state index in [1.807, 2.05) is 37.3 Å². The Morgan fingerprint density at radius 1 is 1.14 bits per heavy atom. The van der Waals surface area contributed by atoms with Crippen molar-refractivity contribution in [1.82, 2.24) is 9.47 Å². The van der Waals surface area contributed by atoms with Crippen LogP contribution in [0.3, 0.4) is 0 Å². The monoisotopic (exact) mass is 284 g/mol. The Kier molecular flexibility index (Phi) is 4.93. The van der Waals surface area contributed by atoms with E-state index in [9.17, 15) is 9.59 Å². The van der Waals surface area contributed by atoms with Crippen molar-refractivity contribution in [1.29, 1.82) is 0 Å². The fraction of sp³-hybridized carbons (Fsp3) is 0.294. The molecule has 2 rings (SSSR count). The Morgan fingerprint density at radius 2 is 1.86 bits per heavy atom. The van der Waals surface area contributed by atoms with E-state index in [2.05, 4.69) is 0 Å². The molecule has 2 aromatic rings. The zero-order valence-corrected chi connectivity index (χ0v) is 12.5. The van der Waals surface area contributed by atoms with Crippen LogP contribution in [0.5, 0.6) is 0 Å². The van der Waals surface area contributed by atoms with Crippen molar-refractivity contribution in [3.8, 4) is 0 Å². The van der Waals surface area contributed by atoms with Gasteiger partial charge in [-0.15, -0.1) is 0 Å². The van der Waals surface area contributed by atoms with Crippen molar-refractivity contribution < 1.29 is 4.79 Å². The van der Waals surface area contributed by atoms with Gasteiger partial charge in [-0.3, -0.25) is 9.59 Å². The molecule has 0 atom stereocenters. The van der Waals surface area contributed by atoms with Crippen LogP contribution in [0.15, 0.2) is 53.5 Å². The number of carbonyl (C=O) groups is 1. The van der Waals surface area contributed by atoms with Gasteiger partial charge in [0.2, 0.25) is 5.91 Å². The minimum absolute atomic E-state index is 0.0472. The Bertz CT molecular complexity index is 662. The maximum atomic E-state index is 12.4. The highest BCUT2D eigenvalue weighted by molar-refractivity contribution is 5.76. The number of rotatable bonds is 5. The molecule has 0 saturated heterocycles. The highest BCUT2D eigenvalue weighted by Crippen LogP contribution is 2.05. The lowest BCUT2D eigenvalue weighted by Crippen LogP contribution is -2.36. The van der Waals surface area contributed by atoms with E-state index in [0.29, 0.717) is 18.7 Å². The van der Waals surface area contributed by atoms with Crippen LogP contribution < -0.4 is 5.56 Å². The third kappa shape index (κ3) is 3.81. The molecule has 0 spiro atoms. The molecule has 0 aliphatic carbocycles. The summed E-state index contributed by atoms with van der Waals surface area (Å²) >= 11 is 0. The molecule has 0 bridgehead atoms. The van der Waals surface area contributed by atoms with E-state index >= 15 is 0 Å². The molecule has 1 amide bonds. The number of carbonyl (C=O) groups excluding carboxylic acids is 1. The molecule has 21 heavy (non-hydrogen) atoms. The van der Waals surface area contributed by atoms with Crippen LogP contribution in [0.25, 0.3) is 0 Å². The van der Waals surface area contributed by atoms with Gasteiger partial charge in [-0.2, -0.15) is 0 Å². The summed E-state index contributed by atoms with van der Waals surface area (Å²) in [7, 11) is 0. The summed E-state index contributed by atoms with van der Waals surface area (Å²) in [4.78, 5) is 26.1. The van der Waals surface area contributed by atoms with Crippen molar-refractivity contribution in [3.05, 3.63) is 70.1 Å². The molecule has 110 valence electrons. The lowest BCUT2D eigenvalue weighted by Gasteiger charge is -2.21. The summed E-state index contributed by atoms with van der Waals surface area (Å²) in [6, 6.07) is 13.4. The molecule has 0 saturated carbocycles. The first-order valence-electron chi connectivity index (χ1n) is 7.09. The van der Waals surface area contributed by atoms with Crippen LogP contribution in [0.1, 0.15) is 18.1 Å². The number of likely N-dealkylation sites (N-methyl/N-ethyl adjacent to an activating group) is 1. The third-order valence-electron chi connectivity index (χ3n) is 3.47. The number of aromatic nitrogens is 1. The number of pyridine rings is 1. The van der Waals surface area contributed by atoms with Gasteiger partial charge in [-0.25, -0.2) is 0 Å². The van der Waals surface area contributed by atoms with Gasteiger partial charge < -0.3 is 9.47 Å². The van der Waals surface area contributed by atoms with Crippen LogP contribution in [0, 0.1) is 6.92 Å². The van der Waals surface area contributed by atoms with Gasteiger partial charge in [-0.1, -0.05) is 36.4 Å². The normalized spacial score (nSPS) is 10.4. The van der Waals surface area contributed by atoms with Crippen LogP contribution >= 0.6 is 0 Å². The van der Waals surface area contributed by atoms with E-state index in [-0.39, 0.29) is 18.0 Å². The first-order chi connectivity index (χ1) is 10.1. The van der Waals surface area contributed by atoms with Crippen molar-refractivity contribution in [2.75, 3.05) is 6.54 Å². The van der Waals surface area contributed by atoms with Crippen LogP contribution in [0.2, 0.25) is 0 Å². The van der Waals surface area contributed by atoms with Crippen LogP contribution in [0.4, 0.5) is 0 Å². The van der Waals surface area contributed by atoms with E-state index in [4.69, 9.17) is 0 Å². The number of hydrogen-bond donors (Lipinski definition) is 0. The predicted molar refractivity (Wildman–Crippen MR) is 83.0 cm³/mol. The second-order valence-corrected chi connectivity index (χ2v) is 5.02. The third-order valence-corrected chi connectivity index (χ3v) is 3.47. The second kappa shape index (κ2) is 6.88. The van der Waals surface area contributed by atoms with Crippen LogP contribution in [-0.4, -0.2) is 21.9 Å². The Morgan fingerprint density at radius 3 is 2.52 bits per heavy atom. The Labute approximate surface area is 124 Å². The molecular weight excluding hydrogens is 264 g/mol. The molecule has 0 radical (unpaired) electrons. The molecule has 0 N–H and O–H groups in total.